The highest BCUT2D eigenvalue weighted by Crippen LogP contribution is 2.20. The van der Waals surface area contributed by atoms with Gasteiger partial charge in [0.1, 0.15) is 11.6 Å². The van der Waals surface area contributed by atoms with Crippen LogP contribution in [0.2, 0.25) is 0 Å². The third-order valence-corrected chi connectivity index (χ3v) is 4.10. The molecule has 1 amide bonds. The van der Waals surface area contributed by atoms with Crippen LogP contribution in [0.3, 0.4) is 0 Å². The Balaban J connectivity index is 2.11. The molecule has 0 heterocycles. The molecule has 134 valence electrons. The number of benzene rings is 2. The Morgan fingerprint density at radius 3 is 2.24 bits per heavy atom. The van der Waals surface area contributed by atoms with E-state index in [1.165, 1.54) is 31.4 Å². The van der Waals surface area contributed by atoms with Gasteiger partial charge < -0.3 is 10.1 Å². The molecular formula is C17H19FN2O4S. The van der Waals surface area contributed by atoms with Crippen LogP contribution in [0.25, 0.3) is 0 Å². The Hall–Kier alpha value is -2.45. The largest absolute Gasteiger partial charge is 0.497 e. The lowest BCUT2D eigenvalue weighted by Gasteiger charge is -2.18. The van der Waals surface area contributed by atoms with Crippen LogP contribution in [0.1, 0.15) is 18.0 Å². The van der Waals surface area contributed by atoms with Crippen molar-refractivity contribution in [3.8, 4) is 5.75 Å². The predicted octanol–water partition coefficient (Wildman–Crippen LogP) is 2.45. The van der Waals surface area contributed by atoms with Crippen molar-refractivity contribution in [1.82, 2.24) is 4.72 Å². The van der Waals surface area contributed by atoms with Gasteiger partial charge in [0.2, 0.25) is 15.9 Å². The lowest BCUT2D eigenvalue weighted by molar-refractivity contribution is -0.116. The quantitative estimate of drug-likeness (QED) is 0.788. The molecule has 0 saturated carbocycles. The van der Waals surface area contributed by atoms with Gasteiger partial charge in [0.05, 0.1) is 19.4 Å². The Kier molecular flexibility index (Phi) is 6.11. The second kappa shape index (κ2) is 8.09. The Bertz CT molecular complexity index is 821. The number of halogens is 1. The second-order valence-electron chi connectivity index (χ2n) is 5.47. The summed E-state index contributed by atoms with van der Waals surface area (Å²) in [4.78, 5) is 12.3. The van der Waals surface area contributed by atoms with Crippen LogP contribution in [-0.4, -0.2) is 27.7 Å². The van der Waals surface area contributed by atoms with E-state index < -0.39 is 21.9 Å². The summed E-state index contributed by atoms with van der Waals surface area (Å²) in [7, 11) is -2.01. The van der Waals surface area contributed by atoms with Gasteiger partial charge in [-0.2, -0.15) is 0 Å². The first-order valence-electron chi connectivity index (χ1n) is 7.43. The van der Waals surface area contributed by atoms with Crippen molar-refractivity contribution >= 4 is 21.6 Å². The minimum atomic E-state index is -3.55. The average molecular weight is 366 g/mol. The van der Waals surface area contributed by atoms with Gasteiger partial charge in [-0.25, -0.2) is 17.5 Å². The third-order valence-electron chi connectivity index (χ3n) is 3.39. The number of hydrogen-bond donors (Lipinski definition) is 2. The van der Waals surface area contributed by atoms with E-state index in [0.717, 1.165) is 6.26 Å². The van der Waals surface area contributed by atoms with E-state index in [-0.39, 0.29) is 12.3 Å². The molecule has 0 fully saturated rings. The fourth-order valence-corrected chi connectivity index (χ4v) is 2.99. The van der Waals surface area contributed by atoms with Crippen molar-refractivity contribution in [3.05, 3.63) is 59.9 Å². The number of hydrogen-bond acceptors (Lipinski definition) is 4. The van der Waals surface area contributed by atoms with Crippen LogP contribution in [0, 0.1) is 5.82 Å². The number of anilines is 1. The van der Waals surface area contributed by atoms with Gasteiger partial charge in [0.15, 0.2) is 0 Å². The molecule has 6 nitrogen and oxygen atoms in total. The lowest BCUT2D eigenvalue weighted by Crippen LogP contribution is -2.30. The fourth-order valence-electron chi connectivity index (χ4n) is 2.25. The molecule has 1 unspecified atom stereocenters. The van der Waals surface area contributed by atoms with Gasteiger partial charge in [-0.05, 0) is 42.0 Å². The third kappa shape index (κ3) is 6.17. The number of nitrogens with one attached hydrogen (secondary N) is 2. The number of methoxy groups -OCH3 is 1. The van der Waals surface area contributed by atoms with Gasteiger partial charge in [0, 0.05) is 12.1 Å². The smallest absolute Gasteiger partial charge is 0.226 e. The first-order valence-corrected chi connectivity index (χ1v) is 9.32. The van der Waals surface area contributed by atoms with Gasteiger partial charge in [-0.1, -0.05) is 12.1 Å². The van der Waals surface area contributed by atoms with Crippen LogP contribution in [0.4, 0.5) is 10.1 Å². The number of ether oxygens (including phenoxy) is 1. The fraction of sp³-hybridized carbons (Fsp3) is 0.235. The standard InChI is InChI=1S/C17H19FN2O4S/c1-24-15-9-7-14(8-10-15)19-17(21)11-16(20-25(2,22)23)12-3-5-13(18)6-4-12/h3-10,16,20H,11H2,1-2H3,(H,19,21). The summed E-state index contributed by atoms with van der Waals surface area (Å²) in [5, 5.41) is 2.69. The van der Waals surface area contributed by atoms with Crippen molar-refractivity contribution in [2.75, 3.05) is 18.7 Å². The van der Waals surface area contributed by atoms with E-state index >= 15 is 0 Å². The van der Waals surface area contributed by atoms with Crippen LogP contribution in [-0.2, 0) is 14.8 Å². The summed E-state index contributed by atoms with van der Waals surface area (Å²) >= 11 is 0. The monoisotopic (exact) mass is 366 g/mol. The Morgan fingerprint density at radius 2 is 1.72 bits per heavy atom. The molecular weight excluding hydrogens is 347 g/mol. The van der Waals surface area contributed by atoms with Gasteiger partial charge in [0.25, 0.3) is 0 Å². The number of sulfonamides is 1. The van der Waals surface area contributed by atoms with E-state index in [2.05, 4.69) is 10.0 Å². The zero-order valence-corrected chi connectivity index (χ0v) is 14.6. The first kappa shape index (κ1) is 18.9. The molecule has 25 heavy (non-hydrogen) atoms. The minimum absolute atomic E-state index is 0.134. The first-order chi connectivity index (χ1) is 11.8. The maximum Gasteiger partial charge on any atom is 0.226 e. The highest BCUT2D eigenvalue weighted by atomic mass is 32.2. The molecule has 0 spiro atoms. The van der Waals surface area contributed by atoms with Crippen molar-refractivity contribution in [2.24, 2.45) is 0 Å². The molecule has 2 aromatic rings. The molecule has 1 atom stereocenters. The van der Waals surface area contributed by atoms with E-state index in [1.54, 1.807) is 24.3 Å². The van der Waals surface area contributed by atoms with Crippen molar-refractivity contribution in [3.63, 3.8) is 0 Å². The van der Waals surface area contributed by atoms with Gasteiger partial charge in [-0.15, -0.1) is 0 Å². The zero-order valence-electron chi connectivity index (χ0n) is 13.8. The number of carbonyl (C=O) groups is 1. The van der Waals surface area contributed by atoms with Crippen LogP contribution in [0.5, 0.6) is 5.75 Å². The summed E-state index contributed by atoms with van der Waals surface area (Å²) in [5.41, 5.74) is 1.06. The molecule has 0 bridgehead atoms. The molecule has 0 saturated heterocycles. The Labute approximate surface area is 146 Å². The molecule has 2 aromatic carbocycles. The average Bonchev–Trinajstić information content (AvgIpc) is 2.54. The molecule has 0 aromatic heterocycles. The molecule has 2 rings (SSSR count). The van der Waals surface area contributed by atoms with E-state index in [1.807, 2.05) is 0 Å². The molecule has 0 radical (unpaired) electrons. The lowest BCUT2D eigenvalue weighted by atomic mass is 10.0. The molecule has 0 aliphatic carbocycles. The molecule has 0 aliphatic heterocycles. The van der Waals surface area contributed by atoms with E-state index in [0.29, 0.717) is 17.0 Å². The topological polar surface area (TPSA) is 84.5 Å². The maximum absolute atomic E-state index is 13.1. The van der Waals surface area contributed by atoms with Gasteiger partial charge in [-0.3, -0.25) is 4.79 Å². The van der Waals surface area contributed by atoms with Crippen LogP contribution in [0.15, 0.2) is 48.5 Å². The normalized spacial score (nSPS) is 12.4. The van der Waals surface area contributed by atoms with E-state index in [9.17, 15) is 17.6 Å². The molecule has 8 heteroatoms. The summed E-state index contributed by atoms with van der Waals surface area (Å²) in [6.07, 6.45) is 0.871. The highest BCUT2D eigenvalue weighted by Gasteiger charge is 2.20. The maximum atomic E-state index is 13.1. The SMILES string of the molecule is COc1ccc(NC(=O)CC(NS(C)(=O)=O)c2ccc(F)cc2)cc1. The highest BCUT2D eigenvalue weighted by molar-refractivity contribution is 7.88. The predicted molar refractivity (Wildman–Crippen MR) is 93.4 cm³/mol. The van der Waals surface area contributed by atoms with Gasteiger partial charge >= 0.3 is 0 Å². The molecule has 2 N–H and O–H groups in total. The summed E-state index contributed by atoms with van der Waals surface area (Å²) < 4.78 is 43.6. The minimum Gasteiger partial charge on any atom is -0.497 e. The summed E-state index contributed by atoms with van der Waals surface area (Å²) in [6, 6.07) is 11.3. The zero-order chi connectivity index (χ0) is 18.4. The number of amides is 1. The summed E-state index contributed by atoms with van der Waals surface area (Å²) in [5.74, 6) is -0.166. The van der Waals surface area contributed by atoms with Crippen molar-refractivity contribution in [2.45, 2.75) is 12.5 Å². The number of rotatable bonds is 7. The van der Waals surface area contributed by atoms with Crippen LogP contribution >= 0.6 is 0 Å². The molecule has 0 aliphatic rings. The van der Waals surface area contributed by atoms with Crippen molar-refractivity contribution in [1.29, 1.82) is 0 Å². The second-order valence-corrected chi connectivity index (χ2v) is 7.25. The Morgan fingerprint density at radius 1 is 1.12 bits per heavy atom. The van der Waals surface area contributed by atoms with Crippen molar-refractivity contribution < 1.29 is 22.3 Å². The summed E-state index contributed by atoms with van der Waals surface area (Å²) in [6.45, 7) is 0. The number of carbonyl (C=O) groups excluding carboxylic acids is 1. The van der Waals surface area contributed by atoms with E-state index in [4.69, 9.17) is 4.74 Å². The van der Waals surface area contributed by atoms with Crippen LogP contribution < -0.4 is 14.8 Å².